The highest BCUT2D eigenvalue weighted by molar-refractivity contribution is 6.11. The molecular formula is C11H18BNO5. The Morgan fingerprint density at radius 1 is 1.67 bits per heavy atom. The van der Waals surface area contributed by atoms with Crippen molar-refractivity contribution in [3.8, 4) is 0 Å². The average molecular weight is 258 g/mol. The molecule has 1 rings (SSSR count). The maximum atomic E-state index is 11.6. The van der Waals surface area contributed by atoms with Gasteiger partial charge in [0.2, 0.25) is 5.91 Å². The van der Waals surface area contributed by atoms with Gasteiger partial charge in [-0.15, -0.1) is 0 Å². The number of hydrogen-bond donors (Lipinski definition) is 1. The summed E-state index contributed by atoms with van der Waals surface area (Å²) in [7, 11) is 5.67. The van der Waals surface area contributed by atoms with Crippen molar-refractivity contribution in [1.82, 2.24) is 5.32 Å². The second kappa shape index (κ2) is 7.38. The molecule has 0 aromatic heterocycles. The van der Waals surface area contributed by atoms with Crippen LogP contribution in [0.1, 0.15) is 22.0 Å². The van der Waals surface area contributed by atoms with E-state index in [4.69, 9.17) is 24.8 Å². The summed E-state index contributed by atoms with van der Waals surface area (Å²) in [5, 5.41) is 2.41. The molecule has 18 heavy (non-hydrogen) atoms. The van der Waals surface area contributed by atoms with Gasteiger partial charge in [-0.3, -0.25) is 9.59 Å². The summed E-state index contributed by atoms with van der Waals surface area (Å²) < 4.78 is 29.2. The van der Waals surface area contributed by atoms with Gasteiger partial charge in [-0.2, -0.15) is 0 Å². The maximum absolute atomic E-state index is 11.6. The second-order valence-corrected chi connectivity index (χ2v) is 3.98. The second-order valence-electron chi connectivity index (χ2n) is 3.98. The van der Waals surface area contributed by atoms with Gasteiger partial charge >= 0.3 is 5.97 Å². The van der Waals surface area contributed by atoms with Gasteiger partial charge < -0.3 is 19.5 Å². The molecular weight excluding hydrogens is 237 g/mol. The van der Waals surface area contributed by atoms with Gasteiger partial charge in [-0.25, -0.2) is 0 Å². The van der Waals surface area contributed by atoms with Crippen LogP contribution in [0, 0.1) is 0 Å². The normalized spacial score (nSPS) is 30.2. The van der Waals surface area contributed by atoms with Crippen LogP contribution in [-0.4, -0.2) is 58.7 Å². The summed E-state index contributed by atoms with van der Waals surface area (Å²) >= 11 is 0. The first-order valence-electron chi connectivity index (χ1n) is 6.85. The molecule has 1 fully saturated rings. The zero-order valence-corrected chi connectivity index (χ0v) is 10.3. The molecule has 0 bridgehead atoms. The number of nitrogens with one attached hydrogen (secondary N) is 1. The average Bonchev–Trinajstić information content (AvgIpc) is 2.73. The molecule has 6 nitrogen and oxygen atoms in total. The van der Waals surface area contributed by atoms with Crippen LogP contribution in [0.2, 0.25) is 0 Å². The molecule has 1 heterocycles. The molecule has 100 valence electrons. The van der Waals surface area contributed by atoms with Crippen LogP contribution >= 0.6 is 0 Å². The Morgan fingerprint density at radius 3 is 3.11 bits per heavy atom. The number of carbonyl (C=O) groups excluding carboxylic acids is 2. The quantitative estimate of drug-likeness (QED) is 0.506. The first-order chi connectivity index (χ1) is 9.42. The van der Waals surface area contributed by atoms with Gasteiger partial charge in [-0.05, 0) is 0 Å². The first-order valence-corrected chi connectivity index (χ1v) is 5.69. The molecule has 0 aromatic rings. The number of carbonyl (C=O) groups is 2. The van der Waals surface area contributed by atoms with E-state index in [1.807, 2.05) is 0 Å². The van der Waals surface area contributed by atoms with Crippen LogP contribution < -0.4 is 5.32 Å². The highest BCUT2D eigenvalue weighted by Crippen LogP contribution is 2.22. The van der Waals surface area contributed by atoms with Crippen molar-refractivity contribution in [2.75, 3.05) is 20.7 Å². The fraction of sp³-hybridized carbons (Fsp3) is 0.818. The van der Waals surface area contributed by atoms with E-state index in [0.29, 0.717) is 6.42 Å². The van der Waals surface area contributed by atoms with Crippen molar-refractivity contribution in [2.45, 2.75) is 37.5 Å². The monoisotopic (exact) mass is 258 g/mol. The highest BCUT2D eigenvalue weighted by atomic mass is 16.6. The number of methoxy groups -OCH3 is 1. The minimum atomic E-state index is -1.43. The van der Waals surface area contributed by atoms with Gasteiger partial charge in [0, 0.05) is 33.0 Å². The number of esters is 1. The highest BCUT2D eigenvalue weighted by Gasteiger charge is 2.35. The fourth-order valence-electron chi connectivity index (χ4n) is 1.68. The van der Waals surface area contributed by atoms with Gasteiger partial charge in [0.25, 0.3) is 0 Å². The van der Waals surface area contributed by atoms with Gasteiger partial charge in [0.05, 0.1) is 15.8 Å². The summed E-state index contributed by atoms with van der Waals surface area (Å²) in [6, 6.07) is -0.574. The van der Waals surface area contributed by atoms with Crippen molar-refractivity contribution in [2.24, 2.45) is 0 Å². The molecule has 7 heteroatoms. The fourth-order valence-corrected chi connectivity index (χ4v) is 1.68. The first kappa shape index (κ1) is 12.0. The van der Waals surface area contributed by atoms with E-state index in [1.165, 1.54) is 7.05 Å². The molecule has 0 spiro atoms. The molecule has 2 radical (unpaired) electrons. The lowest BCUT2D eigenvalue weighted by molar-refractivity contribution is -0.154. The van der Waals surface area contributed by atoms with E-state index in [0.717, 1.165) is 0 Å². The van der Waals surface area contributed by atoms with Crippen molar-refractivity contribution in [1.29, 1.82) is 0 Å². The Labute approximate surface area is 111 Å². The summed E-state index contributed by atoms with van der Waals surface area (Å²) in [4.78, 5) is 22.6. The third kappa shape index (κ3) is 4.66. The Kier molecular flexibility index (Phi) is 4.91. The third-order valence-electron chi connectivity index (χ3n) is 2.61. The van der Waals surface area contributed by atoms with Crippen LogP contribution in [0.15, 0.2) is 0 Å². The van der Waals surface area contributed by atoms with Crippen LogP contribution in [0.5, 0.6) is 0 Å². The van der Waals surface area contributed by atoms with Gasteiger partial charge in [0.15, 0.2) is 0 Å². The minimum Gasteiger partial charge on any atom is -0.459 e. The van der Waals surface area contributed by atoms with E-state index in [-0.39, 0.29) is 25.4 Å². The molecule has 1 N–H and O–H groups in total. The molecule has 4 atom stereocenters. The van der Waals surface area contributed by atoms with Crippen LogP contribution in [0.4, 0.5) is 0 Å². The summed E-state index contributed by atoms with van der Waals surface area (Å²) in [5.74, 6) is -0.762. The number of rotatable bonds is 6. The van der Waals surface area contributed by atoms with E-state index < -0.39 is 31.2 Å². The lowest BCUT2D eigenvalue weighted by Gasteiger charge is -2.18. The summed E-state index contributed by atoms with van der Waals surface area (Å²) in [5.41, 5.74) is 0. The van der Waals surface area contributed by atoms with Crippen molar-refractivity contribution in [3.63, 3.8) is 0 Å². The predicted molar refractivity (Wildman–Crippen MR) is 64.1 cm³/mol. The smallest absolute Gasteiger partial charge is 0.306 e. The molecule has 1 amide bonds. The molecule has 0 aliphatic carbocycles. The van der Waals surface area contributed by atoms with E-state index in [2.05, 4.69) is 5.32 Å². The molecule has 2 unspecified atom stereocenters. The topological polar surface area (TPSA) is 73.9 Å². The zero-order chi connectivity index (χ0) is 15.1. The van der Waals surface area contributed by atoms with E-state index in [1.54, 1.807) is 0 Å². The Hall–Kier alpha value is -1.08. The van der Waals surface area contributed by atoms with Crippen LogP contribution in [-0.2, 0) is 23.8 Å². The van der Waals surface area contributed by atoms with Crippen LogP contribution in [0.25, 0.3) is 0 Å². The maximum Gasteiger partial charge on any atom is 0.306 e. The standard InChI is InChI=1S/C11H18BNO5/c1-13-10(14)3-4-11(15)18-7-5-9(12)17-8(7)6-16-2/h7-9H,3-6H2,1-2H3,(H,13,14)/t7?,8-,9-/m1/s1/i2TD/t2?,7?,8-,9-. The van der Waals surface area contributed by atoms with E-state index >= 15 is 0 Å². The Morgan fingerprint density at radius 2 is 2.44 bits per heavy atom. The van der Waals surface area contributed by atoms with E-state index in [9.17, 15) is 9.59 Å². The molecule has 0 saturated carbocycles. The van der Waals surface area contributed by atoms with Gasteiger partial charge in [0.1, 0.15) is 20.1 Å². The minimum absolute atomic E-state index is 0.0293. The van der Waals surface area contributed by atoms with Crippen molar-refractivity contribution in [3.05, 3.63) is 0 Å². The Balaban J connectivity index is 2.38. The Bertz CT molecular complexity index is 345. The number of amides is 1. The molecule has 1 saturated heterocycles. The van der Waals surface area contributed by atoms with Crippen LogP contribution in [0.3, 0.4) is 0 Å². The summed E-state index contributed by atoms with van der Waals surface area (Å²) in [6.07, 6.45) is -0.829. The van der Waals surface area contributed by atoms with Crippen molar-refractivity contribution >= 4 is 19.7 Å². The molecule has 0 aromatic carbocycles. The zero-order valence-electron chi connectivity index (χ0n) is 12.3. The summed E-state index contributed by atoms with van der Waals surface area (Å²) in [6.45, 7) is -0.0429. The van der Waals surface area contributed by atoms with Gasteiger partial charge in [-0.1, -0.05) is 0 Å². The largest absolute Gasteiger partial charge is 0.459 e. The predicted octanol–water partition coefficient (Wildman–Crippen LogP) is -0.646. The lowest BCUT2D eigenvalue weighted by atomic mass is 9.96. The SMILES string of the molecule is [2H]C([3H])OC[C@H]1O[C@@H]([B])CC1OC(=O)CCC(=O)NC. The molecule has 1 aliphatic rings. The lowest BCUT2D eigenvalue weighted by Crippen LogP contribution is -2.31. The van der Waals surface area contributed by atoms with Crippen molar-refractivity contribution < 1.29 is 26.5 Å². The third-order valence-corrected chi connectivity index (χ3v) is 2.61. The molecule has 1 aliphatic heterocycles. The number of hydrogen-bond acceptors (Lipinski definition) is 5. The number of ether oxygens (including phenoxy) is 3.